The molecule has 0 aliphatic heterocycles. The first kappa shape index (κ1) is 15.7. The van der Waals surface area contributed by atoms with Crippen LogP contribution in [0.3, 0.4) is 0 Å². The Labute approximate surface area is 125 Å². The molecule has 0 spiro atoms. The summed E-state index contributed by atoms with van der Waals surface area (Å²) in [5.74, 6) is 1.26. The number of aromatic nitrogens is 2. The molecule has 0 radical (unpaired) electrons. The monoisotopic (exact) mass is 307 g/mol. The zero-order valence-electron chi connectivity index (χ0n) is 12.3. The van der Waals surface area contributed by atoms with Gasteiger partial charge in [0.1, 0.15) is 5.82 Å². The van der Waals surface area contributed by atoms with Crippen molar-refractivity contribution in [2.75, 3.05) is 6.54 Å². The van der Waals surface area contributed by atoms with Crippen LogP contribution in [0.15, 0.2) is 41.6 Å². The van der Waals surface area contributed by atoms with Crippen LogP contribution >= 0.6 is 0 Å². The summed E-state index contributed by atoms with van der Waals surface area (Å²) in [5.41, 5.74) is 1.13. The molecule has 0 fully saturated rings. The van der Waals surface area contributed by atoms with E-state index in [-0.39, 0.29) is 0 Å². The minimum atomic E-state index is -3.42. The Bertz CT molecular complexity index is 647. The highest BCUT2D eigenvalue weighted by atomic mass is 32.2. The quantitative estimate of drug-likeness (QED) is 0.772. The summed E-state index contributed by atoms with van der Waals surface area (Å²) in [5, 5.41) is 0. The molecule has 0 unspecified atom stereocenters. The van der Waals surface area contributed by atoms with Crippen LogP contribution < -0.4 is 4.72 Å². The zero-order valence-corrected chi connectivity index (χ0v) is 13.2. The van der Waals surface area contributed by atoms with E-state index in [0.29, 0.717) is 23.8 Å². The molecule has 0 saturated heterocycles. The van der Waals surface area contributed by atoms with Gasteiger partial charge in [-0.3, -0.25) is 0 Å². The SMILES string of the molecule is CC(C)c1ccc(S(=O)(=O)NCCCc2ncc[nH]2)cc1. The van der Waals surface area contributed by atoms with Gasteiger partial charge in [-0.2, -0.15) is 0 Å². The van der Waals surface area contributed by atoms with Crippen molar-refractivity contribution >= 4 is 10.0 Å². The number of nitrogens with one attached hydrogen (secondary N) is 2. The van der Waals surface area contributed by atoms with Gasteiger partial charge in [0, 0.05) is 25.4 Å². The van der Waals surface area contributed by atoms with E-state index in [2.05, 4.69) is 28.5 Å². The second-order valence-corrected chi connectivity index (χ2v) is 7.03. The van der Waals surface area contributed by atoms with E-state index in [4.69, 9.17) is 0 Å². The first-order valence-corrected chi connectivity index (χ1v) is 8.55. The van der Waals surface area contributed by atoms with Crippen molar-refractivity contribution in [2.45, 2.75) is 37.5 Å². The molecular weight excluding hydrogens is 286 g/mol. The first-order chi connectivity index (χ1) is 9.99. The molecule has 6 heteroatoms. The van der Waals surface area contributed by atoms with Gasteiger partial charge in [0.25, 0.3) is 0 Å². The van der Waals surface area contributed by atoms with Gasteiger partial charge in [0.05, 0.1) is 4.90 Å². The average Bonchev–Trinajstić information content (AvgIpc) is 2.97. The van der Waals surface area contributed by atoms with E-state index in [0.717, 1.165) is 17.8 Å². The molecule has 21 heavy (non-hydrogen) atoms. The van der Waals surface area contributed by atoms with E-state index in [9.17, 15) is 8.42 Å². The Morgan fingerprint density at radius 3 is 2.52 bits per heavy atom. The number of imidazole rings is 1. The topological polar surface area (TPSA) is 74.8 Å². The van der Waals surface area contributed by atoms with Crippen molar-refractivity contribution < 1.29 is 8.42 Å². The second kappa shape index (κ2) is 6.87. The van der Waals surface area contributed by atoms with Crippen molar-refractivity contribution in [1.82, 2.24) is 14.7 Å². The van der Waals surface area contributed by atoms with Crippen molar-refractivity contribution in [3.05, 3.63) is 48.0 Å². The molecule has 0 bridgehead atoms. The average molecular weight is 307 g/mol. The predicted octanol–water partition coefficient (Wildman–Crippen LogP) is 2.44. The number of H-pyrrole nitrogens is 1. The van der Waals surface area contributed by atoms with Crippen LogP contribution in [0.1, 0.15) is 37.6 Å². The van der Waals surface area contributed by atoms with Crippen LogP contribution in [-0.4, -0.2) is 24.9 Å². The molecule has 0 aliphatic carbocycles. The van der Waals surface area contributed by atoms with Gasteiger partial charge in [-0.25, -0.2) is 18.1 Å². The lowest BCUT2D eigenvalue weighted by Crippen LogP contribution is -2.25. The Morgan fingerprint density at radius 2 is 1.95 bits per heavy atom. The Kier molecular flexibility index (Phi) is 5.14. The van der Waals surface area contributed by atoms with Crippen molar-refractivity contribution in [3.8, 4) is 0 Å². The third-order valence-electron chi connectivity index (χ3n) is 3.29. The summed E-state index contributed by atoms with van der Waals surface area (Å²) in [7, 11) is -3.42. The second-order valence-electron chi connectivity index (χ2n) is 5.26. The molecule has 2 N–H and O–H groups in total. The van der Waals surface area contributed by atoms with Gasteiger partial charge in [-0.1, -0.05) is 26.0 Å². The number of hydrogen-bond donors (Lipinski definition) is 2. The fourth-order valence-corrected chi connectivity index (χ4v) is 3.09. The van der Waals surface area contributed by atoms with Gasteiger partial charge < -0.3 is 4.98 Å². The van der Waals surface area contributed by atoms with Crippen LogP contribution in [0.2, 0.25) is 0 Å². The highest BCUT2D eigenvalue weighted by molar-refractivity contribution is 7.89. The van der Waals surface area contributed by atoms with E-state index in [1.165, 1.54) is 0 Å². The number of benzene rings is 1. The third kappa shape index (κ3) is 4.41. The van der Waals surface area contributed by atoms with Crippen molar-refractivity contribution in [2.24, 2.45) is 0 Å². The molecule has 2 rings (SSSR count). The van der Waals surface area contributed by atoms with E-state index >= 15 is 0 Å². The largest absolute Gasteiger partial charge is 0.349 e. The minimum absolute atomic E-state index is 0.310. The van der Waals surface area contributed by atoms with E-state index < -0.39 is 10.0 Å². The molecule has 0 amide bonds. The van der Waals surface area contributed by atoms with Crippen molar-refractivity contribution in [1.29, 1.82) is 0 Å². The summed E-state index contributed by atoms with van der Waals surface area (Å²) in [6.45, 7) is 4.56. The number of aryl methyl sites for hydroxylation is 1. The van der Waals surface area contributed by atoms with E-state index in [1.807, 2.05) is 12.1 Å². The van der Waals surface area contributed by atoms with Crippen LogP contribution in [0.4, 0.5) is 0 Å². The molecular formula is C15H21N3O2S. The van der Waals surface area contributed by atoms with Crippen LogP contribution in [-0.2, 0) is 16.4 Å². The minimum Gasteiger partial charge on any atom is -0.349 e. The zero-order chi connectivity index (χ0) is 15.3. The lowest BCUT2D eigenvalue weighted by Gasteiger charge is -2.09. The molecule has 5 nitrogen and oxygen atoms in total. The molecule has 114 valence electrons. The van der Waals surface area contributed by atoms with Crippen LogP contribution in [0.25, 0.3) is 0 Å². The molecule has 0 atom stereocenters. The van der Waals surface area contributed by atoms with Gasteiger partial charge in [0.2, 0.25) is 10.0 Å². The Hall–Kier alpha value is -1.66. The molecule has 0 aliphatic rings. The number of sulfonamides is 1. The first-order valence-electron chi connectivity index (χ1n) is 7.07. The number of nitrogens with zero attached hydrogens (tertiary/aromatic N) is 1. The maximum atomic E-state index is 12.1. The van der Waals surface area contributed by atoms with Crippen LogP contribution in [0, 0.1) is 0 Å². The lowest BCUT2D eigenvalue weighted by atomic mass is 10.0. The van der Waals surface area contributed by atoms with Gasteiger partial charge in [0.15, 0.2) is 0 Å². The number of aromatic amines is 1. The van der Waals surface area contributed by atoms with Gasteiger partial charge >= 0.3 is 0 Å². The molecule has 2 aromatic rings. The van der Waals surface area contributed by atoms with Gasteiger partial charge in [-0.15, -0.1) is 0 Å². The normalized spacial score (nSPS) is 12.0. The molecule has 1 heterocycles. The molecule has 0 saturated carbocycles. The Balaban J connectivity index is 1.89. The predicted molar refractivity (Wildman–Crippen MR) is 82.6 cm³/mol. The summed E-state index contributed by atoms with van der Waals surface area (Å²) < 4.78 is 26.9. The molecule has 1 aromatic carbocycles. The smallest absolute Gasteiger partial charge is 0.240 e. The third-order valence-corrected chi connectivity index (χ3v) is 4.77. The van der Waals surface area contributed by atoms with Crippen molar-refractivity contribution in [3.63, 3.8) is 0 Å². The fourth-order valence-electron chi connectivity index (χ4n) is 2.01. The van der Waals surface area contributed by atoms with Crippen LogP contribution in [0.5, 0.6) is 0 Å². The maximum Gasteiger partial charge on any atom is 0.240 e. The van der Waals surface area contributed by atoms with Gasteiger partial charge in [-0.05, 0) is 30.0 Å². The lowest BCUT2D eigenvalue weighted by molar-refractivity contribution is 0.578. The highest BCUT2D eigenvalue weighted by Crippen LogP contribution is 2.17. The highest BCUT2D eigenvalue weighted by Gasteiger charge is 2.13. The Morgan fingerprint density at radius 1 is 1.24 bits per heavy atom. The standard InChI is InChI=1S/C15H21N3O2S/c1-12(2)13-5-7-14(8-6-13)21(19,20)18-9-3-4-15-16-10-11-17-15/h5-8,10-12,18H,3-4,9H2,1-2H3,(H,16,17). The molecule has 1 aromatic heterocycles. The number of hydrogen-bond acceptors (Lipinski definition) is 3. The van der Waals surface area contributed by atoms with E-state index in [1.54, 1.807) is 24.5 Å². The number of rotatable bonds is 7. The summed E-state index contributed by atoms with van der Waals surface area (Å²) in [4.78, 5) is 7.41. The summed E-state index contributed by atoms with van der Waals surface area (Å²) in [6.07, 6.45) is 4.88. The fraction of sp³-hybridized carbons (Fsp3) is 0.400. The summed E-state index contributed by atoms with van der Waals surface area (Å²) >= 11 is 0. The summed E-state index contributed by atoms with van der Waals surface area (Å²) in [6, 6.07) is 7.04. The maximum absolute atomic E-state index is 12.1.